The molecule has 0 amide bonds. The molecule has 1 N–H and O–H groups in total. The molecule has 0 aromatic heterocycles. The van der Waals surface area contributed by atoms with Crippen molar-refractivity contribution >= 4 is 17.7 Å². The van der Waals surface area contributed by atoms with Gasteiger partial charge in [-0.25, -0.2) is 4.79 Å². The summed E-state index contributed by atoms with van der Waals surface area (Å²) in [5.41, 5.74) is -1.12. The molecule has 0 bridgehead atoms. The van der Waals surface area contributed by atoms with Crippen LogP contribution in [0.25, 0.3) is 0 Å². The van der Waals surface area contributed by atoms with Crippen LogP contribution in [0.15, 0.2) is 12.7 Å². The Morgan fingerprint density at radius 3 is 2.19 bits per heavy atom. The van der Waals surface area contributed by atoms with Crippen molar-refractivity contribution < 1.29 is 38.4 Å². The van der Waals surface area contributed by atoms with Crippen molar-refractivity contribution in [3.8, 4) is 0 Å². The zero-order chi connectivity index (χ0) is 24.4. The van der Waals surface area contributed by atoms with Crippen molar-refractivity contribution in [3.05, 3.63) is 12.7 Å². The highest BCUT2D eigenvalue weighted by Crippen LogP contribution is 2.19. The zero-order valence-corrected chi connectivity index (χ0v) is 20.2. The fourth-order valence-corrected chi connectivity index (χ4v) is 2.83. The topological polar surface area (TPSA) is 108 Å². The Morgan fingerprint density at radius 1 is 0.938 bits per heavy atom. The van der Waals surface area contributed by atoms with Crippen molar-refractivity contribution in [1.29, 1.82) is 0 Å². The number of aliphatic hydroxyl groups excluding tert-OH is 1. The molecular formula is C24H42O8. The van der Waals surface area contributed by atoms with Crippen molar-refractivity contribution in [2.75, 3.05) is 26.4 Å². The average Bonchev–Trinajstić information content (AvgIpc) is 2.74. The van der Waals surface area contributed by atoms with Gasteiger partial charge >= 0.3 is 11.9 Å². The van der Waals surface area contributed by atoms with E-state index in [1.54, 1.807) is 13.8 Å². The number of ketones is 1. The van der Waals surface area contributed by atoms with Gasteiger partial charge in [-0.1, -0.05) is 19.4 Å². The lowest BCUT2D eigenvalue weighted by atomic mass is 9.97. The third kappa shape index (κ3) is 15.9. The molecule has 0 heterocycles. The first-order valence-corrected chi connectivity index (χ1v) is 11.5. The Bertz CT molecular complexity index is 556. The minimum atomic E-state index is -1.12. The van der Waals surface area contributed by atoms with Crippen LogP contribution in [0.5, 0.6) is 0 Å². The van der Waals surface area contributed by atoms with Crippen LogP contribution in [0.3, 0.4) is 0 Å². The molecule has 0 aromatic rings. The summed E-state index contributed by atoms with van der Waals surface area (Å²) in [4.78, 5) is 36.0. The number of carbonyl (C=O) groups excluding carboxylic acids is 3. The molecule has 0 spiro atoms. The summed E-state index contributed by atoms with van der Waals surface area (Å²) < 4.78 is 21.7. The molecule has 0 fully saturated rings. The summed E-state index contributed by atoms with van der Waals surface area (Å²) in [5, 5.41) is 8.78. The highest BCUT2D eigenvalue weighted by atomic mass is 16.6. The van der Waals surface area contributed by atoms with Gasteiger partial charge in [0.15, 0.2) is 5.78 Å². The summed E-state index contributed by atoms with van der Waals surface area (Å²) in [5.74, 6) is -1.10. The largest absolute Gasteiger partial charge is 0.463 e. The van der Waals surface area contributed by atoms with E-state index in [0.717, 1.165) is 31.8 Å². The molecule has 1 unspecified atom stereocenters. The third-order valence-corrected chi connectivity index (χ3v) is 4.68. The van der Waals surface area contributed by atoms with Crippen molar-refractivity contribution in [3.63, 3.8) is 0 Å². The maximum absolute atomic E-state index is 12.7. The first kappa shape index (κ1) is 30.2. The third-order valence-electron chi connectivity index (χ3n) is 4.68. The number of rotatable bonds is 20. The van der Waals surface area contributed by atoms with Crippen molar-refractivity contribution in [2.24, 2.45) is 0 Å². The maximum atomic E-state index is 12.7. The molecule has 0 aliphatic carbocycles. The van der Waals surface area contributed by atoms with E-state index in [2.05, 4.69) is 6.58 Å². The smallest absolute Gasteiger partial charge is 0.330 e. The molecule has 0 aromatic carbocycles. The minimum Gasteiger partial charge on any atom is -0.463 e. The molecule has 0 aliphatic heterocycles. The number of esters is 2. The number of hydrogen-bond acceptors (Lipinski definition) is 8. The van der Waals surface area contributed by atoms with Crippen LogP contribution in [0.1, 0.15) is 79.1 Å². The van der Waals surface area contributed by atoms with Crippen LogP contribution in [-0.4, -0.2) is 67.1 Å². The second kappa shape index (κ2) is 17.7. The standard InChI is InChI=1S/C24H42O8/c1-6-22(27)30-17-20(18-31-23(28)14-10-7-11-15-25)32-24(4,5)21(26)13-9-8-12-16-29-19(2)3/h6,19-20,25H,1,7-18H2,2-5H3. The van der Waals surface area contributed by atoms with Gasteiger partial charge < -0.3 is 24.1 Å². The van der Waals surface area contributed by atoms with E-state index in [9.17, 15) is 14.4 Å². The number of ether oxygens (including phenoxy) is 4. The second-order valence-corrected chi connectivity index (χ2v) is 8.45. The van der Waals surface area contributed by atoms with E-state index in [1.807, 2.05) is 13.8 Å². The van der Waals surface area contributed by atoms with E-state index < -0.39 is 23.6 Å². The number of hydrogen-bond donors (Lipinski definition) is 1. The molecule has 0 radical (unpaired) electrons. The SMILES string of the molecule is C=CC(=O)OCC(COC(=O)CCCCCO)OC(C)(C)C(=O)CCCCCOC(C)C. The van der Waals surface area contributed by atoms with E-state index in [4.69, 9.17) is 24.1 Å². The Morgan fingerprint density at radius 2 is 1.56 bits per heavy atom. The van der Waals surface area contributed by atoms with Gasteiger partial charge in [0.1, 0.15) is 24.9 Å². The predicted octanol–water partition coefficient (Wildman–Crippen LogP) is 3.53. The lowest BCUT2D eigenvalue weighted by Gasteiger charge is -2.29. The van der Waals surface area contributed by atoms with Crippen molar-refractivity contribution in [2.45, 2.75) is 96.9 Å². The van der Waals surface area contributed by atoms with Gasteiger partial charge in [-0.3, -0.25) is 9.59 Å². The van der Waals surface area contributed by atoms with Gasteiger partial charge in [0.05, 0.1) is 6.10 Å². The number of aliphatic hydroxyl groups is 1. The Kier molecular flexibility index (Phi) is 16.8. The van der Waals surface area contributed by atoms with Gasteiger partial charge in [-0.05, 0) is 53.4 Å². The van der Waals surface area contributed by atoms with E-state index in [1.165, 1.54) is 0 Å². The number of Topliss-reactive ketones (excluding diaryl/α,β-unsaturated/α-hetero) is 1. The average molecular weight is 459 g/mol. The Labute approximate surface area is 192 Å². The monoisotopic (exact) mass is 458 g/mol. The van der Waals surface area contributed by atoms with Gasteiger partial charge in [0.25, 0.3) is 0 Å². The van der Waals surface area contributed by atoms with Crippen LogP contribution in [0, 0.1) is 0 Å². The summed E-state index contributed by atoms with van der Waals surface area (Å²) >= 11 is 0. The first-order chi connectivity index (χ1) is 15.1. The van der Waals surface area contributed by atoms with Crippen LogP contribution in [-0.2, 0) is 33.3 Å². The summed E-state index contributed by atoms with van der Waals surface area (Å²) in [7, 11) is 0. The molecule has 32 heavy (non-hydrogen) atoms. The molecule has 0 saturated carbocycles. The van der Waals surface area contributed by atoms with E-state index in [0.29, 0.717) is 25.9 Å². The van der Waals surface area contributed by atoms with E-state index >= 15 is 0 Å². The van der Waals surface area contributed by atoms with Gasteiger partial charge in [0, 0.05) is 32.1 Å². The van der Waals surface area contributed by atoms with Crippen LogP contribution < -0.4 is 0 Å². The number of carbonyl (C=O) groups is 3. The lowest BCUT2D eigenvalue weighted by molar-refractivity contribution is -0.169. The maximum Gasteiger partial charge on any atom is 0.330 e. The van der Waals surface area contributed by atoms with Gasteiger partial charge in [-0.15, -0.1) is 0 Å². The normalized spacial score (nSPS) is 12.4. The molecule has 0 rings (SSSR count). The second-order valence-electron chi connectivity index (χ2n) is 8.45. The number of unbranched alkanes of at least 4 members (excludes halogenated alkanes) is 4. The van der Waals surface area contributed by atoms with Crippen molar-refractivity contribution in [1.82, 2.24) is 0 Å². The predicted molar refractivity (Wildman–Crippen MR) is 121 cm³/mol. The van der Waals surface area contributed by atoms with Crippen LogP contribution >= 0.6 is 0 Å². The Hall–Kier alpha value is -1.77. The van der Waals surface area contributed by atoms with Gasteiger partial charge in [0.2, 0.25) is 0 Å². The van der Waals surface area contributed by atoms with Crippen LogP contribution in [0.2, 0.25) is 0 Å². The minimum absolute atomic E-state index is 0.0716. The molecule has 0 saturated heterocycles. The molecule has 8 heteroatoms. The highest BCUT2D eigenvalue weighted by Gasteiger charge is 2.32. The summed E-state index contributed by atoms with van der Waals surface area (Å²) in [6.45, 7) is 11.1. The van der Waals surface area contributed by atoms with Gasteiger partial charge in [-0.2, -0.15) is 0 Å². The zero-order valence-electron chi connectivity index (χ0n) is 20.2. The van der Waals surface area contributed by atoms with Crippen LogP contribution in [0.4, 0.5) is 0 Å². The first-order valence-electron chi connectivity index (χ1n) is 11.5. The molecule has 1 atom stereocenters. The Balaban J connectivity index is 4.60. The summed E-state index contributed by atoms with van der Waals surface area (Å²) in [6.07, 6.45) is 5.51. The fourth-order valence-electron chi connectivity index (χ4n) is 2.83. The quantitative estimate of drug-likeness (QED) is 0.168. The molecular weight excluding hydrogens is 416 g/mol. The molecule has 8 nitrogen and oxygen atoms in total. The molecule has 186 valence electrons. The molecule has 0 aliphatic rings. The van der Waals surface area contributed by atoms with E-state index in [-0.39, 0.29) is 38.1 Å². The summed E-state index contributed by atoms with van der Waals surface area (Å²) in [6, 6.07) is 0. The lowest BCUT2D eigenvalue weighted by Crippen LogP contribution is -2.42. The highest BCUT2D eigenvalue weighted by molar-refractivity contribution is 5.86. The fraction of sp³-hybridized carbons (Fsp3) is 0.792.